The van der Waals surface area contributed by atoms with Crippen molar-refractivity contribution in [2.24, 2.45) is 0 Å². The van der Waals surface area contributed by atoms with E-state index in [9.17, 15) is 4.79 Å². The second-order valence-corrected chi connectivity index (χ2v) is 2.41. The van der Waals surface area contributed by atoms with Gasteiger partial charge in [-0.05, 0) is 14.1 Å². The average molecular weight is 149 g/mol. The molecule has 0 radical (unpaired) electrons. The topological polar surface area (TPSA) is 29.1 Å². The van der Waals surface area contributed by atoms with Gasteiger partial charge in [-0.25, -0.2) is 0 Å². The van der Waals surface area contributed by atoms with Gasteiger partial charge in [0.25, 0.3) is 0 Å². The van der Waals surface area contributed by atoms with Crippen molar-refractivity contribution in [3.8, 4) is 0 Å². The molecule has 0 aliphatic heterocycles. The summed E-state index contributed by atoms with van der Waals surface area (Å²) in [7, 11) is 3.75. The molecule has 0 aromatic rings. The first-order valence-electron chi connectivity index (χ1n) is 3.53. The number of Topliss-reactive ketones (excluding diaryl/α,β-unsaturated/α-hetero) is 1. The van der Waals surface area contributed by atoms with Crippen molar-refractivity contribution < 1.29 is 4.79 Å². The van der Waals surface area contributed by atoms with Crippen LogP contribution >= 0.6 is 0 Å². The van der Waals surface area contributed by atoms with Gasteiger partial charge in [-0.2, -0.15) is 0 Å². The second kappa shape index (κ2) is 3.30. The highest BCUT2D eigenvalue weighted by Gasteiger charge is 2.19. The number of carbonyl (C=O) groups excluding carboxylic acids is 1. The maximum Gasteiger partial charge on any atom is 0.193 e. The minimum absolute atomic E-state index is 0.185. The van der Waals surface area contributed by atoms with Crippen LogP contribution in [0.25, 0.3) is 0 Å². The molecule has 2 aliphatic carbocycles. The highest BCUT2D eigenvalue weighted by molar-refractivity contribution is 6.17. The average Bonchev–Trinajstić information content (AvgIpc) is 2.51. The Balaban J connectivity index is 0.000000179. The van der Waals surface area contributed by atoms with E-state index in [1.54, 1.807) is 0 Å². The van der Waals surface area contributed by atoms with Gasteiger partial charge in [0.2, 0.25) is 0 Å². The van der Waals surface area contributed by atoms with Crippen molar-refractivity contribution in [3.63, 3.8) is 0 Å². The van der Waals surface area contributed by atoms with Gasteiger partial charge in [0, 0.05) is 11.1 Å². The summed E-state index contributed by atoms with van der Waals surface area (Å²) in [6.07, 6.45) is 7.38. The molecule has 11 heavy (non-hydrogen) atoms. The number of allylic oxidation sites excluding steroid dienone is 6. The standard InChI is InChI=1S/C7H4O.C2H7N/c8-7-5-1-2-6(7)4-3-5;1-3-2/h1-4H;3H,1-2H3. The zero-order valence-corrected chi connectivity index (χ0v) is 6.72. The minimum Gasteiger partial charge on any atom is -0.323 e. The molecule has 0 saturated heterocycles. The Morgan fingerprint density at radius 2 is 1.45 bits per heavy atom. The van der Waals surface area contributed by atoms with Gasteiger partial charge in [-0.15, -0.1) is 0 Å². The van der Waals surface area contributed by atoms with E-state index in [0.717, 1.165) is 11.1 Å². The molecule has 0 atom stereocenters. The molecule has 0 amide bonds. The monoisotopic (exact) mass is 149 g/mol. The summed E-state index contributed by atoms with van der Waals surface area (Å²) in [4.78, 5) is 10.8. The van der Waals surface area contributed by atoms with E-state index >= 15 is 0 Å². The van der Waals surface area contributed by atoms with Crippen LogP contribution in [0, 0.1) is 0 Å². The summed E-state index contributed by atoms with van der Waals surface area (Å²) in [5.41, 5.74) is 1.67. The van der Waals surface area contributed by atoms with E-state index in [4.69, 9.17) is 0 Å². The molecular weight excluding hydrogens is 138 g/mol. The van der Waals surface area contributed by atoms with E-state index in [1.807, 2.05) is 38.4 Å². The Hall–Kier alpha value is -1.15. The van der Waals surface area contributed by atoms with Crippen molar-refractivity contribution in [2.45, 2.75) is 0 Å². The molecule has 0 saturated carbocycles. The Bertz CT molecular complexity index is 235. The predicted molar refractivity (Wildman–Crippen MR) is 45.3 cm³/mol. The van der Waals surface area contributed by atoms with Gasteiger partial charge in [-0.3, -0.25) is 4.79 Å². The molecule has 0 unspecified atom stereocenters. The summed E-state index contributed by atoms with van der Waals surface area (Å²) in [5.74, 6) is 0.185. The molecule has 2 rings (SSSR count). The van der Waals surface area contributed by atoms with Crippen LogP contribution in [0.5, 0.6) is 0 Å². The van der Waals surface area contributed by atoms with Crippen LogP contribution in [-0.4, -0.2) is 19.9 Å². The lowest BCUT2D eigenvalue weighted by Gasteiger charge is -1.78. The quantitative estimate of drug-likeness (QED) is 0.552. The van der Waals surface area contributed by atoms with Crippen LogP contribution in [0.15, 0.2) is 35.5 Å². The maximum atomic E-state index is 10.8. The van der Waals surface area contributed by atoms with Gasteiger partial charge in [-0.1, -0.05) is 24.3 Å². The van der Waals surface area contributed by atoms with E-state index in [0.29, 0.717) is 0 Å². The van der Waals surface area contributed by atoms with Gasteiger partial charge in [0.05, 0.1) is 0 Å². The summed E-state index contributed by atoms with van der Waals surface area (Å²) in [6.45, 7) is 0. The van der Waals surface area contributed by atoms with E-state index in [1.165, 1.54) is 0 Å². The third-order valence-corrected chi connectivity index (χ3v) is 1.41. The third-order valence-electron chi connectivity index (χ3n) is 1.41. The van der Waals surface area contributed by atoms with Crippen LogP contribution in [0.1, 0.15) is 0 Å². The van der Waals surface area contributed by atoms with Crippen LogP contribution < -0.4 is 5.32 Å². The molecule has 2 aliphatic rings. The molecule has 0 spiro atoms. The summed E-state index contributed by atoms with van der Waals surface area (Å²) < 4.78 is 0. The fourth-order valence-corrected chi connectivity index (χ4v) is 0.940. The number of hydrogen-bond donors (Lipinski definition) is 1. The first-order valence-corrected chi connectivity index (χ1v) is 3.53. The van der Waals surface area contributed by atoms with Gasteiger partial charge >= 0.3 is 0 Å². The lowest BCUT2D eigenvalue weighted by Crippen LogP contribution is -1.89. The van der Waals surface area contributed by atoms with Crippen molar-refractivity contribution >= 4 is 5.78 Å². The molecule has 2 nitrogen and oxygen atoms in total. The normalized spacial score (nSPS) is 17.5. The zero-order chi connectivity index (χ0) is 8.27. The smallest absolute Gasteiger partial charge is 0.193 e. The molecule has 0 aromatic carbocycles. The lowest BCUT2D eigenvalue weighted by atomic mass is 10.2. The van der Waals surface area contributed by atoms with Crippen molar-refractivity contribution in [2.75, 3.05) is 14.1 Å². The molecule has 58 valence electrons. The highest BCUT2D eigenvalue weighted by atomic mass is 16.1. The van der Waals surface area contributed by atoms with E-state index in [-0.39, 0.29) is 5.78 Å². The van der Waals surface area contributed by atoms with E-state index in [2.05, 4.69) is 5.32 Å². The fourth-order valence-electron chi connectivity index (χ4n) is 0.940. The lowest BCUT2D eigenvalue weighted by molar-refractivity contribution is -0.111. The van der Waals surface area contributed by atoms with Crippen LogP contribution in [0.4, 0.5) is 0 Å². The number of rotatable bonds is 0. The van der Waals surface area contributed by atoms with Gasteiger partial charge in [0.15, 0.2) is 5.78 Å². The van der Waals surface area contributed by atoms with E-state index < -0.39 is 0 Å². The van der Waals surface area contributed by atoms with Crippen molar-refractivity contribution in [1.82, 2.24) is 5.32 Å². The predicted octanol–water partition coefficient (Wildman–Crippen LogP) is 0.827. The molecule has 0 heterocycles. The number of fused-ring (bicyclic) bond motifs is 2. The Morgan fingerprint density at radius 1 is 1.09 bits per heavy atom. The summed E-state index contributed by atoms with van der Waals surface area (Å²) in [5, 5.41) is 2.75. The molecule has 2 heteroatoms. The third kappa shape index (κ3) is 1.46. The number of ketones is 1. The number of carbonyl (C=O) groups is 1. The second-order valence-electron chi connectivity index (χ2n) is 2.41. The first kappa shape index (κ1) is 7.95. The maximum absolute atomic E-state index is 10.8. The van der Waals surface area contributed by atoms with Gasteiger partial charge in [0.1, 0.15) is 0 Å². The Morgan fingerprint density at radius 3 is 1.55 bits per heavy atom. The molecule has 0 fully saturated rings. The molecule has 0 aromatic heterocycles. The fraction of sp³-hybridized carbons (Fsp3) is 0.222. The summed E-state index contributed by atoms with van der Waals surface area (Å²) in [6, 6.07) is 0. The number of nitrogens with one attached hydrogen (secondary N) is 1. The Labute approximate surface area is 66.3 Å². The van der Waals surface area contributed by atoms with Crippen LogP contribution in [-0.2, 0) is 4.79 Å². The van der Waals surface area contributed by atoms with Gasteiger partial charge < -0.3 is 5.32 Å². The molecular formula is C9H11NO. The SMILES string of the molecule is CNC.O=C1C2=CC=C1C=C2. The van der Waals surface area contributed by atoms with Crippen LogP contribution in [0.2, 0.25) is 0 Å². The first-order chi connectivity index (χ1) is 5.29. The number of hydrogen-bond acceptors (Lipinski definition) is 2. The summed E-state index contributed by atoms with van der Waals surface area (Å²) >= 11 is 0. The Kier molecular flexibility index (Phi) is 2.39. The zero-order valence-electron chi connectivity index (χ0n) is 6.72. The highest BCUT2D eigenvalue weighted by Crippen LogP contribution is 2.23. The largest absolute Gasteiger partial charge is 0.323 e. The van der Waals surface area contributed by atoms with Crippen LogP contribution in [0.3, 0.4) is 0 Å². The van der Waals surface area contributed by atoms with Crippen molar-refractivity contribution in [3.05, 3.63) is 35.5 Å². The molecule has 2 bridgehead atoms. The van der Waals surface area contributed by atoms with Crippen molar-refractivity contribution in [1.29, 1.82) is 0 Å². The molecule has 1 N–H and O–H groups in total. The minimum atomic E-state index is 0.185.